The van der Waals surface area contributed by atoms with Gasteiger partial charge in [-0.3, -0.25) is 4.98 Å². The number of aromatic nitrogens is 1. The number of pyridine rings is 1. The van der Waals surface area contributed by atoms with Gasteiger partial charge in [0.15, 0.2) is 0 Å². The molecule has 2 N–H and O–H groups in total. The molecule has 14 heavy (non-hydrogen) atoms. The van der Waals surface area contributed by atoms with Gasteiger partial charge in [-0.25, -0.2) is 0 Å². The van der Waals surface area contributed by atoms with E-state index >= 15 is 0 Å². The molecule has 0 bridgehead atoms. The summed E-state index contributed by atoms with van der Waals surface area (Å²) in [6, 6.07) is 4.33. The Kier molecular flexibility index (Phi) is 2.79. The molecule has 0 unspecified atom stereocenters. The molecule has 0 saturated carbocycles. The number of thiophene rings is 1. The van der Waals surface area contributed by atoms with Crippen molar-refractivity contribution >= 4 is 21.6 Å². The van der Waals surface area contributed by atoms with Crippen LogP contribution < -0.4 is 5.73 Å². The fourth-order valence-electron chi connectivity index (χ4n) is 1.54. The minimum Gasteiger partial charge on any atom is -0.324 e. The van der Waals surface area contributed by atoms with Gasteiger partial charge in [0.05, 0.1) is 10.2 Å². The summed E-state index contributed by atoms with van der Waals surface area (Å²) in [5.74, 6) is 0. The minimum atomic E-state index is 0.138. The first kappa shape index (κ1) is 9.62. The van der Waals surface area contributed by atoms with Crippen molar-refractivity contribution in [2.45, 2.75) is 25.8 Å². The van der Waals surface area contributed by atoms with Gasteiger partial charge in [0.1, 0.15) is 0 Å². The molecule has 74 valence electrons. The van der Waals surface area contributed by atoms with E-state index in [0.29, 0.717) is 0 Å². The van der Waals surface area contributed by atoms with E-state index in [-0.39, 0.29) is 6.04 Å². The number of nitrogens with two attached hydrogens (primary N) is 1. The van der Waals surface area contributed by atoms with Crippen molar-refractivity contribution in [3.8, 4) is 0 Å². The van der Waals surface area contributed by atoms with Gasteiger partial charge in [0, 0.05) is 12.2 Å². The predicted octanol–water partition coefficient (Wildman–Crippen LogP) is 3.10. The average Bonchev–Trinajstić information content (AvgIpc) is 2.64. The second-order valence-corrected chi connectivity index (χ2v) is 4.42. The van der Waals surface area contributed by atoms with E-state index in [1.165, 1.54) is 4.70 Å². The van der Waals surface area contributed by atoms with E-state index in [1.54, 1.807) is 11.3 Å². The van der Waals surface area contributed by atoms with Gasteiger partial charge >= 0.3 is 0 Å². The Hall–Kier alpha value is -0.930. The fourth-order valence-corrected chi connectivity index (χ4v) is 2.33. The first-order valence-electron chi connectivity index (χ1n) is 4.90. The van der Waals surface area contributed by atoms with Crippen molar-refractivity contribution in [1.82, 2.24) is 4.98 Å². The van der Waals surface area contributed by atoms with Crippen LogP contribution in [0.5, 0.6) is 0 Å². The molecule has 0 aliphatic heterocycles. The van der Waals surface area contributed by atoms with E-state index in [9.17, 15) is 0 Å². The summed E-state index contributed by atoms with van der Waals surface area (Å²) in [4.78, 5) is 4.37. The molecule has 0 aromatic carbocycles. The molecular formula is C11H14N2S. The van der Waals surface area contributed by atoms with E-state index in [1.807, 2.05) is 12.3 Å². The molecule has 0 amide bonds. The lowest BCUT2D eigenvalue weighted by atomic mass is 10.1. The fraction of sp³-hybridized carbons (Fsp3) is 0.364. The Labute approximate surface area is 87.8 Å². The SMILES string of the molecule is CCC[C@@H](N)c1cnc2ccsc2c1. The summed E-state index contributed by atoms with van der Waals surface area (Å²) in [5.41, 5.74) is 8.26. The summed E-state index contributed by atoms with van der Waals surface area (Å²) >= 11 is 1.72. The summed E-state index contributed by atoms with van der Waals surface area (Å²) in [5, 5.41) is 2.06. The number of rotatable bonds is 3. The molecule has 0 aliphatic carbocycles. The Balaban J connectivity index is 2.33. The van der Waals surface area contributed by atoms with Crippen molar-refractivity contribution in [1.29, 1.82) is 0 Å². The third-order valence-corrected chi connectivity index (χ3v) is 3.20. The first-order valence-corrected chi connectivity index (χ1v) is 5.78. The van der Waals surface area contributed by atoms with E-state index < -0.39 is 0 Å². The molecule has 2 aromatic heterocycles. The Bertz CT molecular complexity index is 422. The minimum absolute atomic E-state index is 0.138. The Morgan fingerprint density at radius 2 is 2.43 bits per heavy atom. The van der Waals surface area contributed by atoms with Crippen molar-refractivity contribution in [2.24, 2.45) is 5.73 Å². The van der Waals surface area contributed by atoms with Gasteiger partial charge in [-0.2, -0.15) is 0 Å². The first-order chi connectivity index (χ1) is 6.81. The highest BCUT2D eigenvalue weighted by Crippen LogP contribution is 2.23. The Morgan fingerprint density at radius 3 is 3.21 bits per heavy atom. The third-order valence-electron chi connectivity index (χ3n) is 2.35. The van der Waals surface area contributed by atoms with Crippen LogP contribution in [0.3, 0.4) is 0 Å². The van der Waals surface area contributed by atoms with Gasteiger partial charge in [-0.15, -0.1) is 11.3 Å². The maximum atomic E-state index is 6.03. The maximum Gasteiger partial charge on any atom is 0.0809 e. The van der Waals surface area contributed by atoms with E-state index in [2.05, 4.69) is 23.4 Å². The lowest BCUT2D eigenvalue weighted by Crippen LogP contribution is -2.09. The molecule has 2 nitrogen and oxygen atoms in total. The lowest BCUT2D eigenvalue weighted by Gasteiger charge is -2.09. The van der Waals surface area contributed by atoms with Gasteiger partial charge in [0.2, 0.25) is 0 Å². The standard InChI is InChI=1S/C11H14N2S/c1-2-3-9(12)8-6-11-10(13-7-8)4-5-14-11/h4-7,9H,2-3,12H2,1H3/t9-/m1/s1. The largest absolute Gasteiger partial charge is 0.324 e. The van der Waals surface area contributed by atoms with E-state index in [4.69, 9.17) is 5.73 Å². The highest BCUT2D eigenvalue weighted by molar-refractivity contribution is 7.17. The van der Waals surface area contributed by atoms with Crippen molar-refractivity contribution in [3.05, 3.63) is 29.3 Å². The molecule has 2 rings (SSSR count). The van der Waals surface area contributed by atoms with Crippen LogP contribution in [0.4, 0.5) is 0 Å². The monoisotopic (exact) mass is 206 g/mol. The maximum absolute atomic E-state index is 6.03. The zero-order valence-electron chi connectivity index (χ0n) is 8.23. The van der Waals surface area contributed by atoms with Crippen molar-refractivity contribution in [2.75, 3.05) is 0 Å². The van der Waals surface area contributed by atoms with E-state index in [0.717, 1.165) is 23.9 Å². The van der Waals surface area contributed by atoms with Crippen LogP contribution in [0.1, 0.15) is 31.4 Å². The molecule has 0 spiro atoms. The average molecular weight is 206 g/mol. The number of hydrogen-bond acceptors (Lipinski definition) is 3. The number of fused-ring (bicyclic) bond motifs is 1. The molecule has 2 heterocycles. The van der Waals surface area contributed by atoms with Crippen LogP contribution in [-0.4, -0.2) is 4.98 Å². The van der Waals surface area contributed by atoms with Gasteiger partial charge in [0.25, 0.3) is 0 Å². The summed E-state index contributed by atoms with van der Waals surface area (Å²) in [7, 11) is 0. The van der Waals surface area contributed by atoms with Crippen LogP contribution >= 0.6 is 11.3 Å². The summed E-state index contributed by atoms with van der Waals surface area (Å²) in [6.45, 7) is 2.15. The molecule has 3 heteroatoms. The quantitative estimate of drug-likeness (QED) is 0.838. The zero-order chi connectivity index (χ0) is 9.97. The van der Waals surface area contributed by atoms with Gasteiger partial charge < -0.3 is 5.73 Å². The normalized spacial score (nSPS) is 13.3. The number of hydrogen-bond donors (Lipinski definition) is 1. The highest BCUT2D eigenvalue weighted by atomic mass is 32.1. The van der Waals surface area contributed by atoms with Crippen molar-refractivity contribution in [3.63, 3.8) is 0 Å². The molecule has 0 saturated heterocycles. The second kappa shape index (κ2) is 4.07. The highest BCUT2D eigenvalue weighted by Gasteiger charge is 2.06. The molecule has 0 aliphatic rings. The topological polar surface area (TPSA) is 38.9 Å². The zero-order valence-corrected chi connectivity index (χ0v) is 9.05. The van der Waals surface area contributed by atoms with Crippen molar-refractivity contribution < 1.29 is 0 Å². The Morgan fingerprint density at radius 1 is 1.57 bits per heavy atom. The smallest absolute Gasteiger partial charge is 0.0809 e. The molecule has 0 fully saturated rings. The lowest BCUT2D eigenvalue weighted by molar-refractivity contribution is 0.637. The molecule has 1 atom stereocenters. The van der Waals surface area contributed by atoms with Gasteiger partial charge in [-0.05, 0) is 29.5 Å². The van der Waals surface area contributed by atoms with Crippen LogP contribution in [0.25, 0.3) is 10.2 Å². The van der Waals surface area contributed by atoms with Gasteiger partial charge in [-0.1, -0.05) is 13.3 Å². The predicted molar refractivity (Wildman–Crippen MR) is 61.5 cm³/mol. The van der Waals surface area contributed by atoms with Crippen LogP contribution in [0, 0.1) is 0 Å². The van der Waals surface area contributed by atoms with Crippen LogP contribution in [0.15, 0.2) is 23.7 Å². The third kappa shape index (κ3) is 1.79. The summed E-state index contributed by atoms with van der Waals surface area (Å²) in [6.07, 6.45) is 4.04. The van der Waals surface area contributed by atoms with Crippen LogP contribution in [0.2, 0.25) is 0 Å². The molecule has 0 radical (unpaired) electrons. The molecular weight excluding hydrogens is 192 g/mol. The molecule has 2 aromatic rings. The summed E-state index contributed by atoms with van der Waals surface area (Å²) < 4.78 is 1.23. The second-order valence-electron chi connectivity index (χ2n) is 3.47. The number of nitrogens with zero attached hydrogens (tertiary/aromatic N) is 1. The van der Waals surface area contributed by atoms with Crippen LogP contribution in [-0.2, 0) is 0 Å².